The molecular weight excluding hydrogens is 432 g/mol. The zero-order valence-corrected chi connectivity index (χ0v) is 19.9. The van der Waals surface area contributed by atoms with Crippen LogP contribution in [0.15, 0.2) is 53.4 Å². The Morgan fingerprint density at radius 1 is 0.968 bits per heavy atom. The SMILES string of the molecule is CN(CCCO)Cc1ccc(C2CCC(N(C)S(=O)(=O)c3ccc(Cl)cc3)CC2)cc1. The van der Waals surface area contributed by atoms with Gasteiger partial charge < -0.3 is 10.0 Å². The number of sulfonamides is 1. The Morgan fingerprint density at radius 2 is 1.58 bits per heavy atom. The monoisotopic (exact) mass is 464 g/mol. The van der Waals surface area contributed by atoms with Crippen molar-refractivity contribution in [2.45, 2.75) is 55.5 Å². The van der Waals surface area contributed by atoms with Crippen LogP contribution in [0, 0.1) is 0 Å². The number of hydrogen-bond acceptors (Lipinski definition) is 4. The summed E-state index contributed by atoms with van der Waals surface area (Å²) in [5.41, 5.74) is 2.61. The maximum Gasteiger partial charge on any atom is 0.243 e. The van der Waals surface area contributed by atoms with E-state index in [2.05, 4.69) is 36.2 Å². The van der Waals surface area contributed by atoms with Crippen molar-refractivity contribution in [2.24, 2.45) is 0 Å². The summed E-state index contributed by atoms with van der Waals surface area (Å²) < 4.78 is 27.4. The molecule has 3 rings (SSSR count). The molecule has 1 fully saturated rings. The van der Waals surface area contributed by atoms with Gasteiger partial charge in [0.1, 0.15) is 0 Å². The lowest BCUT2D eigenvalue weighted by atomic mass is 9.81. The predicted molar refractivity (Wildman–Crippen MR) is 126 cm³/mol. The summed E-state index contributed by atoms with van der Waals surface area (Å²) in [6.45, 7) is 1.98. The first kappa shape index (κ1) is 24.2. The van der Waals surface area contributed by atoms with Gasteiger partial charge in [0.2, 0.25) is 10.0 Å². The van der Waals surface area contributed by atoms with Gasteiger partial charge in [-0.3, -0.25) is 0 Å². The lowest BCUT2D eigenvalue weighted by Crippen LogP contribution is -2.39. The Bertz CT molecular complexity index is 924. The number of benzene rings is 2. The van der Waals surface area contributed by atoms with E-state index in [4.69, 9.17) is 16.7 Å². The lowest BCUT2D eigenvalue weighted by molar-refractivity contribution is 0.244. The molecular formula is C24H33ClN2O3S. The molecule has 170 valence electrons. The molecule has 0 spiro atoms. The minimum absolute atomic E-state index is 0.0244. The maximum absolute atomic E-state index is 13.0. The quantitative estimate of drug-likeness (QED) is 0.593. The maximum atomic E-state index is 13.0. The van der Waals surface area contributed by atoms with Gasteiger partial charge >= 0.3 is 0 Å². The largest absolute Gasteiger partial charge is 0.396 e. The molecule has 0 saturated heterocycles. The van der Waals surface area contributed by atoms with Crippen LogP contribution < -0.4 is 0 Å². The second-order valence-electron chi connectivity index (χ2n) is 8.54. The van der Waals surface area contributed by atoms with Gasteiger partial charge in [-0.1, -0.05) is 35.9 Å². The molecule has 31 heavy (non-hydrogen) atoms. The summed E-state index contributed by atoms with van der Waals surface area (Å²) in [4.78, 5) is 2.51. The van der Waals surface area contributed by atoms with Gasteiger partial charge in [0, 0.05) is 37.8 Å². The van der Waals surface area contributed by atoms with Gasteiger partial charge in [0.15, 0.2) is 0 Å². The Labute approximate surface area is 191 Å². The first-order chi connectivity index (χ1) is 14.8. The fraction of sp³-hybridized carbons (Fsp3) is 0.500. The lowest BCUT2D eigenvalue weighted by Gasteiger charge is -2.34. The van der Waals surface area contributed by atoms with E-state index in [9.17, 15) is 8.42 Å². The van der Waals surface area contributed by atoms with Crippen molar-refractivity contribution >= 4 is 21.6 Å². The van der Waals surface area contributed by atoms with Crippen LogP contribution >= 0.6 is 11.6 Å². The van der Waals surface area contributed by atoms with Crippen LogP contribution in [0.1, 0.15) is 49.1 Å². The molecule has 0 radical (unpaired) electrons. The van der Waals surface area contributed by atoms with Crippen molar-refractivity contribution in [1.29, 1.82) is 0 Å². The summed E-state index contributed by atoms with van der Waals surface area (Å²) in [5, 5.41) is 9.49. The zero-order chi connectivity index (χ0) is 22.4. The molecule has 0 aliphatic heterocycles. The molecule has 1 aliphatic carbocycles. The molecule has 7 heteroatoms. The normalized spacial score (nSPS) is 19.8. The van der Waals surface area contributed by atoms with E-state index in [1.807, 2.05) is 0 Å². The highest BCUT2D eigenvalue weighted by molar-refractivity contribution is 7.89. The number of rotatable bonds is 9. The van der Waals surface area contributed by atoms with E-state index >= 15 is 0 Å². The number of aliphatic hydroxyl groups is 1. The number of nitrogens with zero attached hydrogens (tertiary/aromatic N) is 2. The minimum Gasteiger partial charge on any atom is -0.396 e. The van der Waals surface area contributed by atoms with E-state index in [-0.39, 0.29) is 12.6 Å². The van der Waals surface area contributed by atoms with Gasteiger partial charge in [-0.2, -0.15) is 4.31 Å². The Hall–Kier alpha value is -1.44. The van der Waals surface area contributed by atoms with Crippen LogP contribution in [0.3, 0.4) is 0 Å². The van der Waals surface area contributed by atoms with E-state index < -0.39 is 10.0 Å². The molecule has 5 nitrogen and oxygen atoms in total. The van der Waals surface area contributed by atoms with Gasteiger partial charge in [-0.15, -0.1) is 0 Å². The third-order valence-electron chi connectivity index (χ3n) is 6.30. The fourth-order valence-corrected chi connectivity index (χ4v) is 5.91. The van der Waals surface area contributed by atoms with Crippen molar-refractivity contribution in [2.75, 3.05) is 27.2 Å². The van der Waals surface area contributed by atoms with Crippen molar-refractivity contribution in [3.8, 4) is 0 Å². The highest BCUT2D eigenvalue weighted by Crippen LogP contribution is 2.36. The molecule has 0 unspecified atom stereocenters. The van der Waals surface area contributed by atoms with Crippen molar-refractivity contribution < 1.29 is 13.5 Å². The molecule has 0 heterocycles. The van der Waals surface area contributed by atoms with Gasteiger partial charge in [0.25, 0.3) is 0 Å². The van der Waals surface area contributed by atoms with Gasteiger partial charge in [-0.25, -0.2) is 8.42 Å². The molecule has 0 aromatic heterocycles. The zero-order valence-electron chi connectivity index (χ0n) is 18.4. The average molecular weight is 465 g/mol. The standard InChI is InChI=1S/C24H33ClN2O3S/c1-26(16-3-17-28)18-19-4-6-20(7-5-19)21-8-12-23(13-9-21)27(2)31(29,30)24-14-10-22(25)11-15-24/h4-7,10-11,14-15,21,23,28H,3,8-9,12-13,16-18H2,1-2H3. The van der Waals surface area contributed by atoms with Crippen molar-refractivity contribution in [1.82, 2.24) is 9.21 Å². The number of halogens is 1. The van der Waals surface area contributed by atoms with Crippen LogP contribution in [-0.2, 0) is 16.6 Å². The van der Waals surface area contributed by atoms with Crippen molar-refractivity contribution in [3.05, 3.63) is 64.7 Å². The summed E-state index contributed by atoms with van der Waals surface area (Å²) in [6.07, 6.45) is 4.49. The van der Waals surface area contributed by atoms with Crippen molar-refractivity contribution in [3.63, 3.8) is 0 Å². The smallest absolute Gasteiger partial charge is 0.243 e. The molecule has 1 saturated carbocycles. The average Bonchev–Trinajstić information content (AvgIpc) is 2.78. The van der Waals surface area contributed by atoms with Crippen LogP contribution in [-0.4, -0.2) is 56.0 Å². The molecule has 1 N–H and O–H groups in total. The van der Waals surface area contributed by atoms with E-state index in [0.717, 1.165) is 45.2 Å². The molecule has 2 aromatic rings. The topological polar surface area (TPSA) is 60.9 Å². The highest BCUT2D eigenvalue weighted by Gasteiger charge is 2.31. The number of hydrogen-bond donors (Lipinski definition) is 1. The summed E-state index contributed by atoms with van der Waals surface area (Å²) in [6, 6.07) is 15.2. The van der Waals surface area contributed by atoms with Crippen LogP contribution in [0.4, 0.5) is 0 Å². The summed E-state index contributed by atoms with van der Waals surface area (Å²) >= 11 is 5.90. The Morgan fingerprint density at radius 3 is 2.16 bits per heavy atom. The second kappa shape index (κ2) is 10.9. The third kappa shape index (κ3) is 6.30. The number of aliphatic hydroxyl groups excluding tert-OH is 1. The van der Waals surface area contributed by atoms with Crippen LogP contribution in [0.5, 0.6) is 0 Å². The van der Waals surface area contributed by atoms with E-state index in [1.54, 1.807) is 31.3 Å². The molecule has 1 aliphatic rings. The van der Waals surface area contributed by atoms with E-state index in [0.29, 0.717) is 15.8 Å². The summed E-state index contributed by atoms with van der Waals surface area (Å²) in [5.74, 6) is 0.476. The minimum atomic E-state index is -3.51. The Kier molecular flexibility index (Phi) is 8.53. The van der Waals surface area contributed by atoms with E-state index in [1.165, 1.54) is 15.4 Å². The predicted octanol–water partition coefficient (Wildman–Crippen LogP) is 4.50. The highest BCUT2D eigenvalue weighted by atomic mass is 35.5. The molecule has 0 atom stereocenters. The van der Waals surface area contributed by atoms with Gasteiger partial charge in [-0.05, 0) is 80.5 Å². The fourth-order valence-electron chi connectivity index (χ4n) is 4.37. The van der Waals surface area contributed by atoms with Crippen LogP contribution in [0.2, 0.25) is 5.02 Å². The van der Waals surface area contributed by atoms with Gasteiger partial charge in [0.05, 0.1) is 4.90 Å². The second-order valence-corrected chi connectivity index (χ2v) is 11.0. The first-order valence-corrected chi connectivity index (χ1v) is 12.7. The molecule has 2 aromatic carbocycles. The first-order valence-electron chi connectivity index (χ1n) is 10.9. The summed E-state index contributed by atoms with van der Waals surface area (Å²) in [7, 11) is 0.253. The van der Waals surface area contributed by atoms with Crippen LogP contribution in [0.25, 0.3) is 0 Å². The molecule has 0 bridgehead atoms. The third-order valence-corrected chi connectivity index (χ3v) is 8.48. The molecule has 0 amide bonds. The Balaban J connectivity index is 1.56.